The Bertz CT molecular complexity index is 2440. The van der Waals surface area contributed by atoms with Crippen molar-refractivity contribution >= 4 is 41.8 Å². The molecule has 0 amide bonds. The molecule has 0 aromatic heterocycles. The largest absolute Gasteiger partial charge is 0.480 e. The molecule has 644 valence electrons. The molecule has 0 unspecified atom stereocenters. The van der Waals surface area contributed by atoms with E-state index in [1.54, 1.807) is 0 Å². The third-order valence-corrected chi connectivity index (χ3v) is 19.5. The molecule has 14 bridgehead atoms. The van der Waals surface area contributed by atoms with Crippen LogP contribution in [0.25, 0.3) is 0 Å². The Hall–Kier alpha value is -5.11. The molecular weight excluding hydrogens is 1530 g/mol. The van der Waals surface area contributed by atoms with E-state index in [0.29, 0.717) is 0 Å². The molecule has 49 heteroatoms. The number of methoxy groups -OCH3 is 7. The molecule has 0 spiro atoms. The lowest BCUT2D eigenvalue weighted by Gasteiger charge is -2.52. The molecule has 21 heterocycles. The highest BCUT2D eigenvalue weighted by atomic mass is 16.8. The van der Waals surface area contributed by atoms with Crippen LogP contribution in [0, 0.1) is 0 Å². The molecule has 35 atom stereocenters. The molecule has 21 saturated heterocycles. The molecule has 21 rings (SSSR count). The lowest BCUT2D eigenvalue weighted by Crippen LogP contribution is -2.70. The van der Waals surface area contributed by atoms with Crippen LogP contribution >= 0.6 is 0 Å². The molecule has 112 heavy (non-hydrogen) atoms. The van der Waals surface area contributed by atoms with E-state index in [-0.39, 0.29) is 0 Å². The predicted octanol–water partition coefficient (Wildman–Crippen LogP) is -10.1. The molecule has 21 aliphatic heterocycles. The van der Waals surface area contributed by atoms with Gasteiger partial charge in [0.05, 0.1) is 0 Å². The lowest BCUT2D eigenvalue weighted by molar-refractivity contribution is -0.399. The summed E-state index contributed by atoms with van der Waals surface area (Å²) in [6.45, 7) is -11.1. The van der Waals surface area contributed by atoms with Crippen LogP contribution < -0.4 is 40.1 Å². The Morgan fingerprint density at radius 1 is 0.205 bits per heavy atom. The summed E-state index contributed by atoms with van der Waals surface area (Å²) in [7, 11) is 8.16. The van der Waals surface area contributed by atoms with Gasteiger partial charge in [-0.2, -0.15) is 0 Å². The lowest BCUT2D eigenvalue weighted by atomic mass is 9.94. The average Bonchev–Trinajstić information content (AvgIpc) is 0.766. The minimum Gasteiger partial charge on any atom is -0.480 e. The molecule has 21 N–H and O–H groups in total. The van der Waals surface area contributed by atoms with Crippen molar-refractivity contribution in [3.63, 3.8) is 0 Å². The number of hydrogen-bond donors (Lipinski definition) is 14. The summed E-state index contributed by atoms with van der Waals surface area (Å²) in [5, 5.41) is 71.0. The van der Waals surface area contributed by atoms with Crippen LogP contribution in [0.5, 0.6) is 0 Å². The Kier molecular flexibility index (Phi) is 36.2. The zero-order chi connectivity index (χ0) is 81.9. The monoisotopic (exact) mass is 1630 g/mol. The van der Waals surface area contributed by atoms with Crippen LogP contribution in [0.15, 0.2) is 0 Å². The van der Waals surface area contributed by atoms with E-state index < -0.39 is 349 Å². The summed E-state index contributed by atoms with van der Waals surface area (Å²) in [4.78, 5) is 87.4. The summed E-state index contributed by atoms with van der Waals surface area (Å²) < 4.78 is 177. The minimum absolute atomic E-state index is 0.506. The van der Waals surface area contributed by atoms with Crippen LogP contribution in [-0.2, 0) is 166 Å². The van der Waals surface area contributed by atoms with Crippen LogP contribution in [0.1, 0.15) is 0 Å². The Morgan fingerprint density at radius 3 is 0.393 bits per heavy atom. The van der Waals surface area contributed by atoms with E-state index in [9.17, 15) is 69.3 Å². The normalized spacial score (nSPS) is 41.5. The van der Waals surface area contributed by atoms with Gasteiger partial charge in [0, 0.05) is 95.6 Å². The van der Waals surface area contributed by atoms with Crippen LogP contribution in [0.2, 0.25) is 0 Å². The SMILES string of the molecule is CO[C@@H]1[C@@H](OCC(=O)O)[C@H]2O[C@H]3[C@H](OC)[C@@H](OCC(=O)O)[C@@H](O[C@H]4[C@H](OC)[C@@H](OCC(=O)O)[C@@H](O[C@H]5[C@@H](OC)[C@H](OCC(=O)O)[C@@H](O[C@H]6[C@@H](OC)[C@H](OCC(=O)O)[C@@H](O[C@H]7[C@H](OC)[C@@H](OCC(=O)O)[C@@H](O[C@H]8[C@H](OC)[C@@H](OCC(=O)O)[C@@H](O[C@@H]1[C@H](CN)O2)O[C@H]8CN)O[C@@H]7CN)O[C@@H]6CN)O[C@@H]5CN)O[C@@H]4CN)O[C@H]3CN. The van der Waals surface area contributed by atoms with Gasteiger partial charge < -0.3 is 209 Å². The quantitative estimate of drug-likeness (QED) is 0.0280. The van der Waals surface area contributed by atoms with E-state index in [2.05, 4.69) is 0 Å². The molecule has 0 aromatic carbocycles. The van der Waals surface area contributed by atoms with Crippen molar-refractivity contribution in [2.45, 2.75) is 215 Å². The summed E-state index contributed by atoms with van der Waals surface area (Å²) in [5.41, 5.74) is 45.4. The first kappa shape index (κ1) is 92.4. The fourth-order valence-electron chi connectivity index (χ4n) is 14.8. The second kappa shape index (κ2) is 43.9. The molecule has 21 fully saturated rings. The van der Waals surface area contributed by atoms with Crippen molar-refractivity contribution in [3.8, 4) is 0 Å². The van der Waals surface area contributed by atoms with Crippen molar-refractivity contribution in [1.29, 1.82) is 0 Å². The van der Waals surface area contributed by atoms with E-state index >= 15 is 0 Å². The minimum atomic E-state index is -1.83. The van der Waals surface area contributed by atoms with Gasteiger partial charge in [-0.25, -0.2) is 33.6 Å². The van der Waals surface area contributed by atoms with Gasteiger partial charge in [-0.05, 0) is 0 Å². The molecule has 0 radical (unpaired) electrons. The molecule has 49 nitrogen and oxygen atoms in total. The third-order valence-electron chi connectivity index (χ3n) is 19.5. The summed E-state index contributed by atoms with van der Waals surface area (Å²) in [6, 6.07) is 0. The average molecular weight is 1630 g/mol. The highest BCUT2D eigenvalue weighted by Crippen LogP contribution is 2.43. The standard InChI is InChI=1S/C63H105N7O42/c1-85-43-36-22(8-64)99-57(50(43)92-15-29(71)72)107-37-23(9-65)101-59(52(44(37)86-2)94-17-31(75)76)109-39-25(11-67)103-61(54(46(39)88-4)96-19-33(79)80)111-41-27(13-69)105-63(56(48(41)90-6)98-21-35(83)84)112-42-28(14-70)104-62(55(49(42)91-7)97-20-34(81)82)110-40-26(12-68)102-60(53(47(40)89-5)95-18-32(77)78)108-38-24(10-66)100-58(106-36)51(45(38)87-3)93-16-30(73)74/h22-28,36-63H,8-21,64-70H2,1-7H3,(H,71,72)(H,73,74)(H,75,76)(H,77,78)(H,79,80)(H,81,82)(H,83,84)/t22-,23-,24-,25-,26+,27+,28+,36-,37-,38-,39-,40-,41-,42-,43-,44-,45+,46+,47+,48+,49+,50+,51-,52+,53-,54-,55-,56-,57-,58-,59-,60-,61-,62-,63-/m1/s1. The molecule has 21 aliphatic rings. The first-order valence-electron chi connectivity index (χ1n) is 35.3. The summed E-state index contributed by atoms with van der Waals surface area (Å²) in [5.74, 6) is -10.7. The molecule has 0 aromatic rings. The van der Waals surface area contributed by atoms with Gasteiger partial charge in [-0.15, -0.1) is 0 Å². The molecule has 0 saturated carbocycles. The smallest absolute Gasteiger partial charge is 0.329 e. The van der Waals surface area contributed by atoms with E-state index in [0.717, 1.165) is 0 Å². The van der Waals surface area contributed by atoms with Crippen molar-refractivity contribution in [3.05, 3.63) is 0 Å². The van der Waals surface area contributed by atoms with E-state index in [4.69, 9.17) is 173 Å². The van der Waals surface area contributed by atoms with Crippen LogP contribution in [0.4, 0.5) is 0 Å². The second-order valence-corrected chi connectivity index (χ2v) is 26.2. The van der Waals surface area contributed by atoms with Gasteiger partial charge in [0.2, 0.25) is 0 Å². The van der Waals surface area contributed by atoms with Gasteiger partial charge in [0.15, 0.2) is 44.0 Å². The highest BCUT2D eigenvalue weighted by Gasteiger charge is 2.63. The van der Waals surface area contributed by atoms with Crippen molar-refractivity contribution in [2.24, 2.45) is 40.1 Å². The zero-order valence-corrected chi connectivity index (χ0v) is 62.1. The fourth-order valence-corrected chi connectivity index (χ4v) is 14.8. The van der Waals surface area contributed by atoms with Gasteiger partial charge in [0.25, 0.3) is 0 Å². The number of rotatable bonds is 35. The van der Waals surface area contributed by atoms with E-state index in [1.807, 2.05) is 0 Å². The first-order chi connectivity index (χ1) is 53.7. The Balaban J connectivity index is 1.31. The zero-order valence-electron chi connectivity index (χ0n) is 62.1. The van der Waals surface area contributed by atoms with E-state index in [1.165, 1.54) is 49.8 Å². The molecular formula is C63H105N7O42. The number of ether oxygens (including phenoxy) is 28. The van der Waals surface area contributed by atoms with Crippen LogP contribution in [0.3, 0.4) is 0 Å². The Labute approximate surface area is 639 Å². The third kappa shape index (κ3) is 22.2. The van der Waals surface area contributed by atoms with Crippen molar-refractivity contribution in [2.75, 3.05) is 142 Å². The number of carboxylic acids is 7. The summed E-state index contributed by atoms with van der Waals surface area (Å²) in [6.07, 6.45) is -57.1. The van der Waals surface area contributed by atoms with Crippen molar-refractivity contribution in [1.82, 2.24) is 0 Å². The molecule has 0 aliphatic carbocycles. The second-order valence-electron chi connectivity index (χ2n) is 26.2. The number of carboxylic acid groups (broad SMARTS) is 7. The predicted molar refractivity (Wildman–Crippen MR) is 355 cm³/mol. The maximum absolute atomic E-state index is 12.5. The maximum Gasteiger partial charge on any atom is 0.329 e. The van der Waals surface area contributed by atoms with Gasteiger partial charge in [-0.3, -0.25) is 0 Å². The van der Waals surface area contributed by atoms with Gasteiger partial charge in [0.1, 0.15) is 217 Å². The van der Waals surface area contributed by atoms with Crippen molar-refractivity contribution < 1.29 is 202 Å². The maximum atomic E-state index is 12.5. The fraction of sp³-hybridized carbons (Fsp3) is 0.889. The topological polar surface area (TPSA) is 702 Å². The van der Waals surface area contributed by atoms with Gasteiger partial charge >= 0.3 is 41.8 Å². The number of hydrogen-bond acceptors (Lipinski definition) is 42. The number of aliphatic carboxylic acids is 7. The van der Waals surface area contributed by atoms with Gasteiger partial charge in [-0.1, -0.05) is 0 Å². The van der Waals surface area contributed by atoms with Crippen LogP contribution in [-0.4, -0.2) is 434 Å². The Morgan fingerprint density at radius 2 is 0.312 bits per heavy atom. The number of carbonyl (C=O) groups is 7. The highest BCUT2D eigenvalue weighted by molar-refractivity contribution is 5.70. The summed E-state index contributed by atoms with van der Waals surface area (Å²) >= 11 is 0. The first-order valence-corrected chi connectivity index (χ1v) is 35.3. The number of nitrogens with two attached hydrogens (primary N) is 7.